The molecule has 1 aliphatic heterocycles. The quantitative estimate of drug-likeness (QED) is 0.815. The minimum Gasteiger partial charge on any atom is -0.375 e. The first kappa shape index (κ1) is 21.0. The van der Waals surface area contributed by atoms with Crippen LogP contribution in [0.2, 0.25) is 0 Å². The van der Waals surface area contributed by atoms with E-state index in [0.29, 0.717) is 19.7 Å². The molecule has 1 fully saturated rings. The van der Waals surface area contributed by atoms with Gasteiger partial charge in [0.15, 0.2) is 0 Å². The van der Waals surface area contributed by atoms with Gasteiger partial charge in [-0.05, 0) is 6.92 Å². The van der Waals surface area contributed by atoms with E-state index in [2.05, 4.69) is 15.6 Å². The van der Waals surface area contributed by atoms with Crippen molar-refractivity contribution in [2.75, 3.05) is 32.1 Å². The number of morpholine rings is 1. The van der Waals surface area contributed by atoms with Crippen molar-refractivity contribution in [3.8, 4) is 0 Å². The van der Waals surface area contributed by atoms with Gasteiger partial charge in [-0.3, -0.25) is 4.79 Å². The molecule has 0 unspecified atom stereocenters. The van der Waals surface area contributed by atoms with Gasteiger partial charge in [0.05, 0.1) is 31.1 Å². The Kier molecular flexibility index (Phi) is 8.77. The number of ether oxygens (including phenoxy) is 1. The fourth-order valence-electron chi connectivity index (χ4n) is 2.33. The molecular formula is C13H25Cl2N5O2. The number of imidazole rings is 1. The molecule has 0 radical (unpaired) electrons. The Morgan fingerprint density at radius 2 is 2.23 bits per heavy atom. The van der Waals surface area contributed by atoms with Gasteiger partial charge < -0.3 is 24.8 Å². The second kappa shape index (κ2) is 9.19. The van der Waals surface area contributed by atoms with Crippen LogP contribution in [0, 0.1) is 0 Å². The van der Waals surface area contributed by atoms with E-state index in [1.165, 1.54) is 0 Å². The number of aromatic nitrogens is 2. The molecule has 0 spiro atoms. The lowest BCUT2D eigenvalue weighted by Crippen LogP contribution is -2.55. The maximum Gasteiger partial charge on any atom is 0.240 e. The maximum absolute atomic E-state index is 12.1. The van der Waals surface area contributed by atoms with Crippen molar-refractivity contribution in [2.24, 2.45) is 7.05 Å². The zero-order valence-electron chi connectivity index (χ0n) is 13.3. The molecule has 9 heteroatoms. The monoisotopic (exact) mass is 353 g/mol. The highest BCUT2D eigenvalue weighted by Gasteiger charge is 2.28. The Hall–Kier alpha value is -1.02. The van der Waals surface area contributed by atoms with E-state index in [0.717, 1.165) is 11.6 Å². The molecule has 1 saturated heterocycles. The number of carbonyl (C=O) groups excluding carboxylic acids is 1. The summed E-state index contributed by atoms with van der Waals surface area (Å²) in [6, 6.07) is -0.287. The van der Waals surface area contributed by atoms with E-state index in [-0.39, 0.29) is 42.9 Å². The zero-order chi connectivity index (χ0) is 14.7. The van der Waals surface area contributed by atoms with Gasteiger partial charge in [-0.25, -0.2) is 4.98 Å². The maximum atomic E-state index is 12.1. The van der Waals surface area contributed by atoms with Crippen molar-refractivity contribution in [3.63, 3.8) is 0 Å². The Bertz CT molecular complexity index is 481. The van der Waals surface area contributed by atoms with Crippen LogP contribution in [-0.2, 0) is 23.1 Å². The van der Waals surface area contributed by atoms with E-state index in [1.54, 1.807) is 6.20 Å². The number of hydrogen-bond acceptors (Lipinski definition) is 5. The van der Waals surface area contributed by atoms with Crippen LogP contribution >= 0.6 is 24.8 Å². The molecule has 2 atom stereocenters. The van der Waals surface area contributed by atoms with Crippen molar-refractivity contribution in [2.45, 2.75) is 25.6 Å². The predicted molar refractivity (Wildman–Crippen MR) is 91.1 cm³/mol. The summed E-state index contributed by atoms with van der Waals surface area (Å²) in [5.41, 5.74) is 0.964. The predicted octanol–water partition coefficient (Wildman–Crippen LogP) is 0.323. The molecule has 2 N–H and O–H groups in total. The summed E-state index contributed by atoms with van der Waals surface area (Å²) in [5.74, 6) is 0.826. The average molecular weight is 354 g/mol. The van der Waals surface area contributed by atoms with Gasteiger partial charge >= 0.3 is 0 Å². The van der Waals surface area contributed by atoms with Crippen molar-refractivity contribution in [3.05, 3.63) is 11.9 Å². The molecule has 7 nitrogen and oxygen atoms in total. The Labute approximate surface area is 143 Å². The summed E-state index contributed by atoms with van der Waals surface area (Å²) in [7, 11) is 5.82. The molecule has 22 heavy (non-hydrogen) atoms. The minimum absolute atomic E-state index is 0. The molecule has 128 valence electrons. The molecule has 2 rings (SSSR count). The smallest absolute Gasteiger partial charge is 0.240 e. The summed E-state index contributed by atoms with van der Waals surface area (Å²) >= 11 is 0. The van der Waals surface area contributed by atoms with Gasteiger partial charge in [-0.2, -0.15) is 0 Å². The van der Waals surface area contributed by atoms with Crippen molar-refractivity contribution in [1.29, 1.82) is 0 Å². The van der Waals surface area contributed by atoms with Crippen LogP contribution < -0.4 is 15.5 Å². The lowest BCUT2D eigenvalue weighted by Gasteiger charge is -2.29. The highest BCUT2D eigenvalue weighted by molar-refractivity contribution is 5.85. The van der Waals surface area contributed by atoms with Crippen LogP contribution in [0.1, 0.15) is 12.6 Å². The van der Waals surface area contributed by atoms with Gasteiger partial charge in [-0.1, -0.05) is 0 Å². The lowest BCUT2D eigenvalue weighted by atomic mass is 10.1. The Morgan fingerprint density at radius 3 is 2.77 bits per heavy atom. The Balaban J connectivity index is 0.00000220. The second-order valence-corrected chi connectivity index (χ2v) is 5.23. The van der Waals surface area contributed by atoms with Crippen LogP contribution in [0.15, 0.2) is 6.20 Å². The fraction of sp³-hybridized carbons (Fsp3) is 0.692. The number of hydrogen-bond donors (Lipinski definition) is 2. The summed E-state index contributed by atoms with van der Waals surface area (Å²) < 4.78 is 7.44. The molecule has 0 saturated carbocycles. The van der Waals surface area contributed by atoms with E-state index in [9.17, 15) is 4.79 Å². The fourth-order valence-corrected chi connectivity index (χ4v) is 2.33. The van der Waals surface area contributed by atoms with Gasteiger partial charge in [0.25, 0.3) is 0 Å². The molecule has 1 aromatic rings. The molecule has 0 aromatic carbocycles. The first-order valence-electron chi connectivity index (χ1n) is 6.81. The normalized spacial score (nSPS) is 20.5. The zero-order valence-corrected chi connectivity index (χ0v) is 15.0. The van der Waals surface area contributed by atoms with Gasteiger partial charge in [0.2, 0.25) is 11.9 Å². The van der Waals surface area contributed by atoms with Crippen molar-refractivity contribution in [1.82, 2.24) is 20.2 Å². The average Bonchev–Trinajstić information content (AvgIpc) is 2.78. The summed E-state index contributed by atoms with van der Waals surface area (Å²) in [6.07, 6.45) is 1.68. The van der Waals surface area contributed by atoms with Crippen LogP contribution in [0.25, 0.3) is 0 Å². The lowest BCUT2D eigenvalue weighted by molar-refractivity contribution is -0.129. The second-order valence-electron chi connectivity index (χ2n) is 5.23. The molecular weight excluding hydrogens is 329 g/mol. The molecule has 2 heterocycles. The van der Waals surface area contributed by atoms with E-state index >= 15 is 0 Å². The minimum atomic E-state index is -0.287. The third-order valence-electron chi connectivity index (χ3n) is 3.50. The molecule has 1 aromatic heterocycles. The summed E-state index contributed by atoms with van der Waals surface area (Å²) in [4.78, 5) is 18.4. The highest BCUT2D eigenvalue weighted by Crippen LogP contribution is 2.11. The highest BCUT2D eigenvalue weighted by atomic mass is 35.5. The van der Waals surface area contributed by atoms with Gasteiger partial charge in [-0.15, -0.1) is 24.8 Å². The Morgan fingerprint density at radius 1 is 1.55 bits per heavy atom. The molecule has 0 aliphatic carbocycles. The van der Waals surface area contributed by atoms with Gasteiger partial charge in [0, 0.05) is 27.7 Å². The van der Waals surface area contributed by atoms with Crippen LogP contribution in [0.5, 0.6) is 0 Å². The SMILES string of the molecule is C[C@H]1OCCN[C@@H]1C(=O)NCc1cnc(N(C)C)n1C.Cl.Cl. The number of halogens is 2. The molecule has 1 amide bonds. The first-order chi connectivity index (χ1) is 9.50. The number of anilines is 1. The standard InChI is InChI=1S/C13H23N5O2.2ClH/c1-9-11(14-5-6-20-9)12(19)15-7-10-8-16-13(17(2)3)18(10)4;;/h8-9,11,14H,5-7H2,1-4H3,(H,15,19);2*1H/t9-,11+;;/m1../s1. The largest absolute Gasteiger partial charge is 0.375 e. The molecule has 0 bridgehead atoms. The third-order valence-corrected chi connectivity index (χ3v) is 3.50. The van der Waals surface area contributed by atoms with Crippen molar-refractivity contribution < 1.29 is 9.53 Å². The molecule has 1 aliphatic rings. The summed E-state index contributed by atoms with van der Waals surface area (Å²) in [6.45, 7) is 3.73. The first-order valence-corrected chi connectivity index (χ1v) is 6.81. The number of nitrogens with zero attached hydrogens (tertiary/aromatic N) is 3. The van der Waals surface area contributed by atoms with Crippen LogP contribution in [0.4, 0.5) is 5.95 Å². The van der Waals surface area contributed by atoms with E-state index in [4.69, 9.17) is 4.74 Å². The number of nitrogens with one attached hydrogen (secondary N) is 2. The third kappa shape index (κ3) is 4.74. The van der Waals surface area contributed by atoms with Crippen LogP contribution in [0.3, 0.4) is 0 Å². The topological polar surface area (TPSA) is 71.4 Å². The van der Waals surface area contributed by atoms with Gasteiger partial charge in [0.1, 0.15) is 6.04 Å². The van der Waals surface area contributed by atoms with E-state index in [1.807, 2.05) is 37.5 Å². The summed E-state index contributed by atoms with van der Waals surface area (Å²) in [5, 5.41) is 6.11. The van der Waals surface area contributed by atoms with Crippen LogP contribution in [-0.4, -0.2) is 54.9 Å². The number of carbonyl (C=O) groups is 1. The van der Waals surface area contributed by atoms with Crippen molar-refractivity contribution >= 4 is 36.7 Å². The number of rotatable bonds is 4. The van der Waals surface area contributed by atoms with E-state index < -0.39 is 0 Å². The number of amides is 1.